The zero-order chi connectivity index (χ0) is 9.56. The maximum Gasteiger partial charge on any atom is 0.234 e. The Labute approximate surface area is 73.6 Å². The molecule has 72 valence electrons. The fraction of sp³-hybridized carbons (Fsp3) is 0.875. The van der Waals surface area contributed by atoms with E-state index in [1.54, 1.807) is 11.8 Å². The van der Waals surface area contributed by atoms with Gasteiger partial charge in [0.2, 0.25) is 5.91 Å². The summed E-state index contributed by atoms with van der Waals surface area (Å²) in [5.74, 6) is 0.000602. The van der Waals surface area contributed by atoms with Crippen LogP contribution in [0, 0.1) is 0 Å². The quantitative estimate of drug-likeness (QED) is 0.587. The van der Waals surface area contributed by atoms with Crippen LogP contribution in [0.25, 0.3) is 0 Å². The summed E-state index contributed by atoms with van der Waals surface area (Å²) in [5.41, 5.74) is 0. The minimum Gasteiger partial charge on any atom is -0.393 e. The van der Waals surface area contributed by atoms with Crippen molar-refractivity contribution in [2.45, 2.75) is 19.4 Å². The summed E-state index contributed by atoms with van der Waals surface area (Å²) < 4.78 is 0. The molecule has 1 unspecified atom stereocenters. The van der Waals surface area contributed by atoms with E-state index in [0.29, 0.717) is 19.5 Å². The molecule has 1 atom stereocenters. The first-order chi connectivity index (χ1) is 5.52. The molecule has 0 aromatic heterocycles. The van der Waals surface area contributed by atoms with E-state index in [4.69, 9.17) is 5.11 Å². The van der Waals surface area contributed by atoms with Gasteiger partial charge in [0, 0.05) is 6.54 Å². The van der Waals surface area contributed by atoms with Crippen molar-refractivity contribution in [1.82, 2.24) is 10.2 Å². The third-order valence-electron chi connectivity index (χ3n) is 1.34. The summed E-state index contributed by atoms with van der Waals surface area (Å²) in [6.07, 6.45) is 0.267. The van der Waals surface area contributed by atoms with Gasteiger partial charge in [-0.3, -0.25) is 4.79 Å². The molecule has 2 N–H and O–H groups in total. The minimum atomic E-state index is -0.343. The molecular weight excluding hydrogens is 156 g/mol. The summed E-state index contributed by atoms with van der Waals surface area (Å²) >= 11 is 0. The van der Waals surface area contributed by atoms with Gasteiger partial charge >= 0.3 is 0 Å². The molecule has 1 amide bonds. The second-order valence-corrected chi connectivity index (χ2v) is 3.23. The van der Waals surface area contributed by atoms with Crippen LogP contribution in [-0.2, 0) is 4.79 Å². The summed E-state index contributed by atoms with van der Waals surface area (Å²) in [6.45, 7) is 2.66. The number of aliphatic hydroxyl groups excluding tert-OH is 1. The van der Waals surface area contributed by atoms with Gasteiger partial charge in [0.1, 0.15) is 0 Å². The van der Waals surface area contributed by atoms with Gasteiger partial charge in [-0.1, -0.05) is 0 Å². The number of nitrogens with zero attached hydrogens (tertiary/aromatic N) is 1. The van der Waals surface area contributed by atoms with Crippen LogP contribution in [0.4, 0.5) is 0 Å². The van der Waals surface area contributed by atoms with Crippen LogP contribution < -0.4 is 5.32 Å². The zero-order valence-electron chi connectivity index (χ0n) is 8.00. The van der Waals surface area contributed by atoms with Crippen LogP contribution in [0.2, 0.25) is 0 Å². The summed E-state index contributed by atoms with van der Waals surface area (Å²) in [4.78, 5) is 12.8. The largest absolute Gasteiger partial charge is 0.393 e. The van der Waals surface area contributed by atoms with Crippen molar-refractivity contribution in [2.75, 3.05) is 27.2 Å². The average molecular weight is 174 g/mol. The Balaban J connectivity index is 3.32. The fourth-order valence-electron chi connectivity index (χ4n) is 0.764. The third kappa shape index (κ3) is 7.50. The van der Waals surface area contributed by atoms with E-state index in [1.807, 2.05) is 14.1 Å². The van der Waals surface area contributed by atoms with Gasteiger partial charge in [0.15, 0.2) is 0 Å². The van der Waals surface area contributed by atoms with E-state index in [2.05, 4.69) is 5.32 Å². The van der Waals surface area contributed by atoms with Gasteiger partial charge in [-0.25, -0.2) is 0 Å². The van der Waals surface area contributed by atoms with Crippen LogP contribution in [0.5, 0.6) is 0 Å². The SMILES string of the molecule is CC(O)CCNC(=O)CN(C)C. The highest BCUT2D eigenvalue weighted by Gasteiger charge is 2.02. The van der Waals surface area contributed by atoms with Crippen LogP contribution in [0.15, 0.2) is 0 Å². The zero-order valence-corrected chi connectivity index (χ0v) is 8.00. The van der Waals surface area contributed by atoms with E-state index < -0.39 is 0 Å². The standard InChI is InChI=1S/C8H18N2O2/c1-7(11)4-5-9-8(12)6-10(2)3/h7,11H,4-6H2,1-3H3,(H,9,12). The highest BCUT2D eigenvalue weighted by Crippen LogP contribution is 1.85. The van der Waals surface area contributed by atoms with Gasteiger partial charge in [-0.05, 0) is 27.4 Å². The summed E-state index contributed by atoms with van der Waals surface area (Å²) in [5, 5.41) is 11.6. The molecule has 12 heavy (non-hydrogen) atoms. The number of hydrogen-bond acceptors (Lipinski definition) is 3. The van der Waals surface area contributed by atoms with E-state index >= 15 is 0 Å². The molecule has 0 radical (unpaired) electrons. The van der Waals surface area contributed by atoms with Gasteiger partial charge in [-0.15, -0.1) is 0 Å². The molecule has 0 saturated heterocycles. The first-order valence-corrected chi connectivity index (χ1v) is 4.12. The second-order valence-electron chi connectivity index (χ2n) is 3.23. The van der Waals surface area contributed by atoms with E-state index in [0.717, 1.165) is 0 Å². The predicted octanol–water partition coefficient (Wildman–Crippen LogP) is -0.565. The number of hydrogen-bond donors (Lipinski definition) is 2. The summed E-state index contributed by atoms with van der Waals surface area (Å²) in [6, 6.07) is 0. The third-order valence-corrected chi connectivity index (χ3v) is 1.34. The van der Waals surface area contributed by atoms with Crippen LogP contribution >= 0.6 is 0 Å². The lowest BCUT2D eigenvalue weighted by Gasteiger charge is -2.10. The molecule has 0 rings (SSSR count). The van der Waals surface area contributed by atoms with Crippen molar-refractivity contribution < 1.29 is 9.90 Å². The highest BCUT2D eigenvalue weighted by molar-refractivity contribution is 5.77. The number of nitrogens with one attached hydrogen (secondary N) is 1. The number of carbonyl (C=O) groups is 1. The van der Waals surface area contributed by atoms with Crippen molar-refractivity contribution in [1.29, 1.82) is 0 Å². The van der Waals surface area contributed by atoms with Crippen molar-refractivity contribution in [3.63, 3.8) is 0 Å². The monoisotopic (exact) mass is 174 g/mol. The number of rotatable bonds is 5. The lowest BCUT2D eigenvalue weighted by atomic mass is 10.3. The van der Waals surface area contributed by atoms with Crippen molar-refractivity contribution in [3.8, 4) is 0 Å². The van der Waals surface area contributed by atoms with Gasteiger partial charge in [0.25, 0.3) is 0 Å². The average Bonchev–Trinajstić information content (AvgIpc) is 1.84. The topological polar surface area (TPSA) is 52.6 Å². The van der Waals surface area contributed by atoms with Crippen LogP contribution in [0.1, 0.15) is 13.3 Å². The molecular formula is C8H18N2O2. The molecule has 4 nitrogen and oxygen atoms in total. The smallest absolute Gasteiger partial charge is 0.234 e. The van der Waals surface area contributed by atoms with E-state index in [-0.39, 0.29) is 12.0 Å². The number of carbonyl (C=O) groups excluding carboxylic acids is 1. The normalized spacial score (nSPS) is 13.1. The lowest BCUT2D eigenvalue weighted by Crippen LogP contribution is -2.34. The van der Waals surface area contributed by atoms with Gasteiger partial charge in [-0.2, -0.15) is 0 Å². The van der Waals surface area contributed by atoms with E-state index in [9.17, 15) is 4.79 Å². The lowest BCUT2D eigenvalue weighted by molar-refractivity contribution is -0.121. The fourth-order valence-corrected chi connectivity index (χ4v) is 0.764. The van der Waals surface area contributed by atoms with Gasteiger partial charge < -0.3 is 15.3 Å². The first kappa shape index (κ1) is 11.4. The highest BCUT2D eigenvalue weighted by atomic mass is 16.3. The Morgan fingerprint density at radius 2 is 2.17 bits per heavy atom. The van der Waals surface area contributed by atoms with Crippen LogP contribution in [-0.4, -0.2) is 49.2 Å². The molecule has 0 spiro atoms. The molecule has 0 aliphatic carbocycles. The molecule has 0 aliphatic rings. The van der Waals surface area contributed by atoms with Crippen molar-refractivity contribution in [3.05, 3.63) is 0 Å². The Kier molecular flexibility index (Phi) is 5.66. The van der Waals surface area contributed by atoms with Crippen molar-refractivity contribution in [2.24, 2.45) is 0 Å². The molecule has 4 heteroatoms. The Morgan fingerprint density at radius 1 is 1.58 bits per heavy atom. The Morgan fingerprint density at radius 3 is 2.58 bits per heavy atom. The summed E-state index contributed by atoms with van der Waals surface area (Å²) in [7, 11) is 3.68. The Bertz CT molecular complexity index is 135. The molecule has 0 aromatic rings. The first-order valence-electron chi connectivity index (χ1n) is 4.12. The molecule has 0 aliphatic heterocycles. The van der Waals surface area contributed by atoms with Crippen LogP contribution in [0.3, 0.4) is 0 Å². The molecule has 0 aromatic carbocycles. The molecule has 0 saturated carbocycles. The predicted molar refractivity (Wildman–Crippen MR) is 47.9 cm³/mol. The molecule has 0 bridgehead atoms. The number of aliphatic hydroxyl groups is 1. The molecule has 0 fully saturated rings. The second kappa shape index (κ2) is 5.97. The molecule has 0 heterocycles. The maximum absolute atomic E-state index is 11.0. The van der Waals surface area contributed by atoms with Gasteiger partial charge in [0.05, 0.1) is 12.6 Å². The maximum atomic E-state index is 11.0. The van der Waals surface area contributed by atoms with E-state index in [1.165, 1.54) is 0 Å². The van der Waals surface area contributed by atoms with Crippen molar-refractivity contribution >= 4 is 5.91 Å². The number of amides is 1. The Hall–Kier alpha value is -0.610. The minimum absolute atomic E-state index is 0.000602. The number of likely N-dealkylation sites (N-methyl/N-ethyl adjacent to an activating group) is 1.